The highest BCUT2D eigenvalue weighted by molar-refractivity contribution is 7.93. The van der Waals surface area contributed by atoms with Crippen molar-refractivity contribution < 1.29 is 26.4 Å². The van der Waals surface area contributed by atoms with E-state index in [1.54, 1.807) is 32.0 Å². The smallest absolute Gasteiger partial charge is 0.245 e. The molecule has 0 saturated carbocycles. The third-order valence-electron chi connectivity index (χ3n) is 7.45. The van der Waals surface area contributed by atoms with Crippen molar-refractivity contribution in [3.8, 4) is 0 Å². The summed E-state index contributed by atoms with van der Waals surface area (Å²) in [6.07, 6.45) is 2.51. The number of carbonyl (C=O) groups is 2. The van der Waals surface area contributed by atoms with E-state index in [0.717, 1.165) is 16.5 Å². The summed E-state index contributed by atoms with van der Waals surface area (Å²) in [4.78, 5) is 29.0. The Kier molecular flexibility index (Phi) is 11.9. The van der Waals surface area contributed by atoms with Crippen molar-refractivity contribution in [1.82, 2.24) is 4.98 Å². The molecule has 0 unspecified atom stereocenters. The number of benzene rings is 2. The fourth-order valence-electron chi connectivity index (χ4n) is 4.09. The minimum Gasteiger partial charge on any atom is -0.325 e. The number of amides is 2. The summed E-state index contributed by atoms with van der Waals surface area (Å²) in [7, 11) is -6.98. The second kappa shape index (κ2) is 14.2. The van der Waals surface area contributed by atoms with Gasteiger partial charge < -0.3 is 10.6 Å². The lowest BCUT2D eigenvalue weighted by atomic mass is 9.87. The summed E-state index contributed by atoms with van der Waals surface area (Å²) in [5.41, 5.74) is 3.11. The largest absolute Gasteiger partial charge is 0.325 e. The monoisotopic (exact) mass is 645 g/mol. The van der Waals surface area contributed by atoms with Gasteiger partial charge in [0.25, 0.3) is 0 Å². The molecule has 242 valence electrons. The zero-order valence-corrected chi connectivity index (χ0v) is 28.9. The maximum atomic E-state index is 12.4. The molecule has 2 aromatic carbocycles. The second-order valence-corrected chi connectivity index (χ2v) is 18.1. The minimum atomic E-state index is -3.50. The third-order valence-corrected chi connectivity index (χ3v) is 12.8. The first-order valence-electron chi connectivity index (χ1n) is 14.7. The Morgan fingerprint density at radius 2 is 1.14 bits per heavy atom. The maximum Gasteiger partial charge on any atom is 0.245 e. The molecule has 0 aliphatic rings. The Hall–Kier alpha value is -3.31. The van der Waals surface area contributed by atoms with Crippen LogP contribution in [0.3, 0.4) is 0 Å². The summed E-state index contributed by atoms with van der Waals surface area (Å²) in [5, 5.41) is 6.25. The Morgan fingerprint density at radius 3 is 1.59 bits per heavy atom. The van der Waals surface area contributed by atoms with E-state index in [2.05, 4.69) is 36.4 Å². The number of nitrogens with zero attached hydrogens (tertiary/aromatic N) is 1. The quantitative estimate of drug-likeness (QED) is 0.264. The highest BCUT2D eigenvalue weighted by Crippen LogP contribution is 2.26. The van der Waals surface area contributed by atoms with Crippen LogP contribution in [0, 0.1) is 0 Å². The molecule has 2 amide bonds. The van der Waals surface area contributed by atoms with E-state index in [1.165, 1.54) is 33.9 Å². The van der Waals surface area contributed by atoms with Gasteiger partial charge in [-0.15, -0.1) is 0 Å². The number of carbonyl (C=O) groups excluding carboxylic acids is 2. The first kappa shape index (κ1) is 36.9. The number of nitrogens with one attached hydrogen (secondary N) is 2. The van der Waals surface area contributed by atoms with E-state index in [0.29, 0.717) is 24.2 Å². The van der Waals surface area contributed by atoms with Crippen LogP contribution in [0.15, 0.2) is 60.8 Å². The van der Waals surface area contributed by atoms with Crippen molar-refractivity contribution in [2.24, 2.45) is 0 Å². The predicted molar refractivity (Wildman–Crippen MR) is 180 cm³/mol. The van der Waals surface area contributed by atoms with Crippen molar-refractivity contribution in [3.63, 3.8) is 0 Å². The first-order chi connectivity index (χ1) is 20.2. The van der Waals surface area contributed by atoms with E-state index >= 15 is 0 Å². The zero-order valence-electron chi connectivity index (χ0n) is 27.3. The molecule has 2 N–H and O–H groups in total. The molecule has 3 aromatic rings. The number of para-hydroxylation sites is 1. The lowest BCUT2D eigenvalue weighted by Crippen LogP contribution is -2.45. The number of rotatable bonds is 10. The van der Waals surface area contributed by atoms with Crippen LogP contribution in [0.25, 0.3) is 10.9 Å². The van der Waals surface area contributed by atoms with Crippen molar-refractivity contribution in [2.75, 3.05) is 22.1 Å². The van der Waals surface area contributed by atoms with Gasteiger partial charge in [0, 0.05) is 11.1 Å². The Labute approximate surface area is 263 Å². The van der Waals surface area contributed by atoms with Crippen molar-refractivity contribution in [1.29, 1.82) is 0 Å². The van der Waals surface area contributed by atoms with Gasteiger partial charge in [-0.25, -0.2) is 16.8 Å². The van der Waals surface area contributed by atoms with Gasteiger partial charge in [-0.2, -0.15) is 0 Å². The molecule has 0 radical (unpaired) electrons. The van der Waals surface area contributed by atoms with Crippen LogP contribution in [0.5, 0.6) is 0 Å². The molecule has 3 rings (SSSR count). The number of pyridine rings is 1. The fraction of sp³-hybridized carbons (Fsp3) is 0.485. The van der Waals surface area contributed by atoms with E-state index in [1.807, 2.05) is 36.4 Å². The van der Waals surface area contributed by atoms with Crippen molar-refractivity contribution >= 4 is 53.8 Å². The standard InChI is InChI=1S/C17H27NO3S.C16H20N2O3S/c1-7-12-22(20,21)17(5,6)15(19)18-14-10-8-13(9-11-14)16(2,3)4;1-4-9-22(20,21)16(2,3)15(19)18-13-10-12-7-5-6-8-14(12)17-11-13/h8-11H,7,12H2,1-6H3,(H,18,19);5-8,10-11H,4,9H2,1-3H3,(H,18,19). The molecule has 0 atom stereocenters. The van der Waals surface area contributed by atoms with Crippen molar-refractivity contribution in [3.05, 3.63) is 66.4 Å². The van der Waals surface area contributed by atoms with Gasteiger partial charge in [0.05, 0.1) is 28.9 Å². The summed E-state index contributed by atoms with van der Waals surface area (Å²) >= 11 is 0. The van der Waals surface area contributed by atoms with Gasteiger partial charge in [0.2, 0.25) is 11.8 Å². The van der Waals surface area contributed by atoms with Crippen LogP contribution in [-0.4, -0.2) is 54.6 Å². The molecule has 0 aliphatic carbocycles. The van der Waals surface area contributed by atoms with Crippen molar-refractivity contribution in [2.45, 2.75) is 90.1 Å². The zero-order chi connectivity index (χ0) is 33.6. The molecule has 0 saturated heterocycles. The number of hydrogen-bond donors (Lipinski definition) is 2. The third kappa shape index (κ3) is 8.88. The topological polar surface area (TPSA) is 139 Å². The molecule has 44 heavy (non-hydrogen) atoms. The van der Waals surface area contributed by atoms with Crippen LogP contribution in [0.2, 0.25) is 0 Å². The average Bonchev–Trinajstić information content (AvgIpc) is 2.92. The van der Waals surface area contributed by atoms with Gasteiger partial charge in [-0.05, 0) is 75.8 Å². The molecule has 0 aliphatic heterocycles. The maximum absolute atomic E-state index is 12.4. The van der Waals surface area contributed by atoms with Gasteiger partial charge in [0.15, 0.2) is 19.7 Å². The van der Waals surface area contributed by atoms with Gasteiger partial charge in [-0.1, -0.05) is 65.0 Å². The predicted octanol–water partition coefficient (Wildman–Crippen LogP) is 6.30. The molecule has 0 fully saturated rings. The summed E-state index contributed by atoms with van der Waals surface area (Å²) in [6, 6.07) is 16.8. The Morgan fingerprint density at radius 1 is 0.682 bits per heavy atom. The first-order valence-corrected chi connectivity index (χ1v) is 18.0. The number of aromatic nitrogens is 1. The van der Waals surface area contributed by atoms with Crippen LogP contribution >= 0.6 is 0 Å². The molecule has 1 heterocycles. The van der Waals surface area contributed by atoms with Crippen LogP contribution in [0.1, 0.15) is 80.7 Å². The highest BCUT2D eigenvalue weighted by atomic mass is 32.2. The molecular weight excluding hydrogens is 599 g/mol. The lowest BCUT2D eigenvalue weighted by Gasteiger charge is -2.24. The molecular formula is C33H47N3O6S2. The number of anilines is 2. The Bertz CT molecular complexity index is 1670. The summed E-state index contributed by atoms with van der Waals surface area (Å²) in [5.74, 6) is -1.04. The van der Waals surface area contributed by atoms with Crippen LogP contribution < -0.4 is 10.6 Å². The van der Waals surface area contributed by atoms with Crippen LogP contribution in [-0.2, 0) is 34.7 Å². The average molecular weight is 646 g/mol. The second-order valence-electron chi connectivity index (χ2n) is 12.8. The highest BCUT2D eigenvalue weighted by Gasteiger charge is 2.41. The number of sulfone groups is 2. The van der Waals surface area contributed by atoms with E-state index in [9.17, 15) is 26.4 Å². The Balaban J connectivity index is 0.000000307. The SMILES string of the molecule is CCCS(=O)(=O)C(C)(C)C(=O)Nc1ccc(C(C)(C)C)cc1.CCCS(=O)(=O)C(C)(C)C(=O)Nc1cnc2ccccc2c1. The van der Waals surface area contributed by atoms with Gasteiger partial charge in [-0.3, -0.25) is 14.6 Å². The molecule has 0 spiro atoms. The fourth-order valence-corrected chi connectivity index (χ4v) is 6.85. The van der Waals surface area contributed by atoms with E-state index in [-0.39, 0.29) is 16.9 Å². The molecule has 1 aromatic heterocycles. The van der Waals surface area contributed by atoms with E-state index < -0.39 is 41.0 Å². The lowest BCUT2D eigenvalue weighted by molar-refractivity contribution is -0.118. The number of hydrogen-bond acceptors (Lipinski definition) is 7. The van der Waals surface area contributed by atoms with Gasteiger partial charge >= 0.3 is 0 Å². The van der Waals surface area contributed by atoms with Gasteiger partial charge in [0.1, 0.15) is 9.49 Å². The molecule has 11 heteroatoms. The summed E-state index contributed by atoms with van der Waals surface area (Å²) < 4.78 is 45.9. The molecule has 0 bridgehead atoms. The normalized spacial score (nSPS) is 12.7. The van der Waals surface area contributed by atoms with E-state index in [4.69, 9.17) is 0 Å². The van der Waals surface area contributed by atoms with Crippen LogP contribution in [0.4, 0.5) is 11.4 Å². The number of fused-ring (bicyclic) bond motifs is 1. The summed E-state index contributed by atoms with van der Waals surface area (Å²) in [6.45, 7) is 15.7. The minimum absolute atomic E-state index is 0.0103. The molecule has 9 nitrogen and oxygen atoms in total.